The molecule has 0 bridgehead atoms. The summed E-state index contributed by atoms with van der Waals surface area (Å²) in [6, 6.07) is 8.06. The third-order valence-electron chi connectivity index (χ3n) is 5.80. The van der Waals surface area contributed by atoms with E-state index in [1.807, 2.05) is 31.2 Å². The Morgan fingerprint density at radius 3 is 2.37 bits per heavy atom. The summed E-state index contributed by atoms with van der Waals surface area (Å²) in [6.07, 6.45) is 7.82. The molecule has 27 heavy (non-hydrogen) atoms. The predicted molar refractivity (Wildman–Crippen MR) is 104 cm³/mol. The number of imide groups is 1. The van der Waals surface area contributed by atoms with E-state index in [4.69, 9.17) is 4.74 Å². The summed E-state index contributed by atoms with van der Waals surface area (Å²) >= 11 is 0. The van der Waals surface area contributed by atoms with E-state index >= 15 is 0 Å². The fraction of sp³-hybridized carbons (Fsp3) is 0.619. The molecule has 0 aliphatic heterocycles. The first kappa shape index (κ1) is 19.7. The number of quaternary nitrogens is 1. The fourth-order valence-corrected chi connectivity index (χ4v) is 3.94. The monoisotopic (exact) mass is 374 g/mol. The molecule has 0 radical (unpaired) electrons. The Balaban J connectivity index is 1.54. The van der Waals surface area contributed by atoms with E-state index in [0.29, 0.717) is 6.04 Å². The van der Waals surface area contributed by atoms with E-state index in [2.05, 4.69) is 10.6 Å². The molecule has 2 aliphatic rings. The fourth-order valence-electron chi connectivity index (χ4n) is 3.94. The van der Waals surface area contributed by atoms with Gasteiger partial charge in [0.15, 0.2) is 6.04 Å². The van der Waals surface area contributed by atoms with Crippen molar-refractivity contribution in [2.45, 2.75) is 76.5 Å². The lowest BCUT2D eigenvalue weighted by Crippen LogP contribution is -3.16. The maximum absolute atomic E-state index is 12.6. The Bertz CT molecular complexity index is 637. The van der Waals surface area contributed by atoms with Crippen molar-refractivity contribution in [1.82, 2.24) is 10.6 Å². The summed E-state index contributed by atoms with van der Waals surface area (Å²) < 4.78 is 5.21. The normalized spacial score (nSPS) is 19.8. The van der Waals surface area contributed by atoms with Crippen LogP contribution in [-0.4, -0.2) is 37.2 Å². The minimum absolute atomic E-state index is 0.196. The van der Waals surface area contributed by atoms with Crippen LogP contribution in [0.1, 0.15) is 57.4 Å². The van der Waals surface area contributed by atoms with Crippen molar-refractivity contribution in [3.63, 3.8) is 0 Å². The van der Waals surface area contributed by atoms with Crippen LogP contribution in [0.4, 0.5) is 4.79 Å². The zero-order chi connectivity index (χ0) is 19.2. The first-order valence-electron chi connectivity index (χ1n) is 10.2. The van der Waals surface area contributed by atoms with Crippen molar-refractivity contribution in [2.24, 2.45) is 0 Å². The number of nitrogens with one attached hydrogen (secondary N) is 3. The average Bonchev–Trinajstić information content (AvgIpc) is 3.51. The predicted octanol–water partition coefficient (Wildman–Crippen LogP) is 1.79. The maximum atomic E-state index is 12.6. The first-order chi connectivity index (χ1) is 13.1. The van der Waals surface area contributed by atoms with Crippen molar-refractivity contribution < 1.29 is 19.2 Å². The van der Waals surface area contributed by atoms with Crippen LogP contribution < -0.4 is 20.3 Å². The molecule has 1 aromatic carbocycles. The Labute approximate surface area is 161 Å². The van der Waals surface area contributed by atoms with Gasteiger partial charge in [-0.2, -0.15) is 0 Å². The Morgan fingerprint density at radius 1 is 1.11 bits per heavy atom. The van der Waals surface area contributed by atoms with Gasteiger partial charge >= 0.3 is 6.03 Å². The molecular weight excluding hydrogens is 342 g/mol. The second kappa shape index (κ2) is 9.22. The van der Waals surface area contributed by atoms with Gasteiger partial charge in [0.1, 0.15) is 12.3 Å². The quantitative estimate of drug-likeness (QED) is 0.681. The van der Waals surface area contributed by atoms with E-state index in [0.717, 1.165) is 50.8 Å². The number of methoxy groups -OCH3 is 1. The number of ether oxygens (including phenoxy) is 1. The van der Waals surface area contributed by atoms with Crippen molar-refractivity contribution in [1.29, 1.82) is 0 Å². The summed E-state index contributed by atoms with van der Waals surface area (Å²) in [4.78, 5) is 26.1. The zero-order valence-corrected chi connectivity index (χ0v) is 16.4. The molecule has 148 valence electrons. The molecule has 3 rings (SSSR count). The van der Waals surface area contributed by atoms with E-state index in [9.17, 15) is 9.59 Å². The number of benzene rings is 1. The average molecular weight is 375 g/mol. The maximum Gasteiger partial charge on any atom is 0.321 e. The highest BCUT2D eigenvalue weighted by Gasteiger charge is 2.39. The molecule has 2 fully saturated rings. The van der Waals surface area contributed by atoms with Crippen LogP contribution in [0.25, 0.3) is 0 Å². The van der Waals surface area contributed by atoms with Crippen LogP contribution in [0.15, 0.2) is 24.3 Å². The van der Waals surface area contributed by atoms with E-state index in [1.165, 1.54) is 16.9 Å². The minimum Gasteiger partial charge on any atom is -0.497 e. The summed E-state index contributed by atoms with van der Waals surface area (Å²) in [5.41, 5.74) is 1.17. The largest absolute Gasteiger partial charge is 0.497 e. The molecule has 0 aromatic heterocycles. The van der Waals surface area contributed by atoms with Crippen LogP contribution in [0.3, 0.4) is 0 Å². The molecule has 1 aromatic rings. The second-order valence-electron chi connectivity index (χ2n) is 7.89. The SMILES string of the molecule is COc1ccc(C[NH+](C2CC2)[C@H](C)C(=O)NC(=O)NC2CCCCC2)cc1. The van der Waals surface area contributed by atoms with Crippen LogP contribution in [0, 0.1) is 0 Å². The standard InChI is InChI=1S/C21H31N3O3/c1-15(20(25)23-21(26)22-17-6-4-3-5-7-17)24(18-10-11-18)14-16-8-12-19(27-2)13-9-16/h8-9,12-13,15,17-18H,3-7,10-11,14H2,1-2H3,(H2,22,23,25,26)/p+1/t15-/m1/s1. The molecular formula is C21H32N3O3+. The number of amides is 3. The van der Waals surface area contributed by atoms with Gasteiger partial charge in [0.25, 0.3) is 5.91 Å². The topological polar surface area (TPSA) is 71.9 Å². The van der Waals surface area contributed by atoms with Gasteiger partial charge in [-0.3, -0.25) is 10.1 Å². The number of hydrogen-bond donors (Lipinski definition) is 3. The molecule has 0 heterocycles. The smallest absolute Gasteiger partial charge is 0.321 e. The van der Waals surface area contributed by atoms with Crippen LogP contribution in [-0.2, 0) is 11.3 Å². The molecule has 3 N–H and O–H groups in total. The molecule has 0 saturated heterocycles. The summed E-state index contributed by atoms with van der Waals surface area (Å²) in [6.45, 7) is 2.69. The summed E-state index contributed by atoms with van der Waals surface area (Å²) in [5.74, 6) is 0.635. The number of hydrogen-bond acceptors (Lipinski definition) is 3. The number of carbonyl (C=O) groups is 2. The Hall–Kier alpha value is -2.08. The van der Waals surface area contributed by atoms with E-state index < -0.39 is 0 Å². The summed E-state index contributed by atoms with van der Waals surface area (Å²) in [5, 5.41) is 5.52. The lowest BCUT2D eigenvalue weighted by atomic mass is 9.96. The van der Waals surface area contributed by atoms with E-state index in [-0.39, 0.29) is 24.0 Å². The third-order valence-corrected chi connectivity index (χ3v) is 5.80. The molecule has 1 unspecified atom stereocenters. The lowest BCUT2D eigenvalue weighted by Gasteiger charge is -2.26. The van der Waals surface area contributed by atoms with Crippen molar-refractivity contribution in [3.05, 3.63) is 29.8 Å². The van der Waals surface area contributed by atoms with Gasteiger partial charge < -0.3 is 15.0 Å². The van der Waals surface area contributed by atoms with Crippen molar-refractivity contribution >= 4 is 11.9 Å². The van der Waals surface area contributed by atoms with Crippen molar-refractivity contribution in [3.8, 4) is 5.75 Å². The molecule has 2 aliphatic carbocycles. The first-order valence-corrected chi connectivity index (χ1v) is 10.2. The van der Waals surface area contributed by atoms with E-state index in [1.54, 1.807) is 7.11 Å². The Kier molecular flexibility index (Phi) is 6.72. The molecule has 0 spiro atoms. The highest BCUT2D eigenvalue weighted by atomic mass is 16.5. The molecule has 3 amide bonds. The van der Waals surface area contributed by atoms with Gasteiger partial charge in [-0.1, -0.05) is 19.3 Å². The molecule has 6 heteroatoms. The molecule has 2 saturated carbocycles. The summed E-state index contributed by atoms with van der Waals surface area (Å²) in [7, 11) is 1.65. The lowest BCUT2D eigenvalue weighted by molar-refractivity contribution is -0.938. The van der Waals surface area contributed by atoms with Crippen molar-refractivity contribution in [2.75, 3.05) is 7.11 Å². The number of rotatable bonds is 7. The van der Waals surface area contributed by atoms with Crippen LogP contribution in [0.5, 0.6) is 5.75 Å². The minimum atomic E-state index is -0.349. The molecule has 2 atom stereocenters. The van der Waals surface area contributed by atoms with Gasteiger partial charge in [0.05, 0.1) is 13.2 Å². The molecule has 6 nitrogen and oxygen atoms in total. The van der Waals surface area contributed by atoms with Gasteiger partial charge in [-0.25, -0.2) is 4.79 Å². The van der Waals surface area contributed by atoms with Gasteiger partial charge in [-0.15, -0.1) is 0 Å². The zero-order valence-electron chi connectivity index (χ0n) is 16.4. The second-order valence-corrected chi connectivity index (χ2v) is 7.89. The van der Waals surface area contributed by atoms with Gasteiger partial charge in [0, 0.05) is 24.4 Å². The Morgan fingerprint density at radius 2 is 1.78 bits per heavy atom. The van der Waals surface area contributed by atoms with Crippen LogP contribution in [0.2, 0.25) is 0 Å². The highest BCUT2D eigenvalue weighted by Crippen LogP contribution is 2.18. The third kappa shape index (κ3) is 5.70. The van der Waals surface area contributed by atoms with Gasteiger partial charge in [0.2, 0.25) is 0 Å². The highest BCUT2D eigenvalue weighted by molar-refractivity contribution is 5.96. The number of urea groups is 1. The van der Waals surface area contributed by atoms with Gasteiger partial charge in [-0.05, 0) is 44.0 Å². The van der Waals surface area contributed by atoms with Crippen LogP contribution >= 0.6 is 0 Å². The number of carbonyl (C=O) groups excluding carboxylic acids is 2.